The van der Waals surface area contributed by atoms with Gasteiger partial charge in [-0.1, -0.05) is 0 Å². The Kier molecular flexibility index (Phi) is 5.92. The molecule has 1 aliphatic rings. The molecule has 1 amide bonds. The van der Waals surface area contributed by atoms with E-state index in [2.05, 4.69) is 15.0 Å². The van der Waals surface area contributed by atoms with Crippen LogP contribution >= 0.6 is 0 Å². The number of hydrogen-bond acceptors (Lipinski definition) is 6. The lowest BCUT2D eigenvalue weighted by Gasteiger charge is -2.14. The summed E-state index contributed by atoms with van der Waals surface area (Å²) in [6.07, 6.45) is 1.56. The first kappa shape index (κ1) is 20.2. The van der Waals surface area contributed by atoms with E-state index in [1.807, 2.05) is 0 Å². The Labute approximate surface area is 162 Å². The summed E-state index contributed by atoms with van der Waals surface area (Å²) < 4.78 is 51.4. The van der Waals surface area contributed by atoms with Crippen molar-refractivity contribution in [3.63, 3.8) is 0 Å². The van der Waals surface area contributed by atoms with E-state index in [-0.39, 0.29) is 28.1 Å². The van der Waals surface area contributed by atoms with Crippen molar-refractivity contribution in [1.29, 1.82) is 0 Å². The fourth-order valence-corrected chi connectivity index (χ4v) is 4.07. The number of benzene rings is 1. The van der Waals surface area contributed by atoms with E-state index in [1.54, 1.807) is 6.92 Å². The summed E-state index contributed by atoms with van der Waals surface area (Å²) in [6, 6.07) is 4.91. The largest absolute Gasteiger partial charge is 0.496 e. The number of rotatable bonds is 6. The van der Waals surface area contributed by atoms with Crippen LogP contribution in [0.1, 0.15) is 22.3 Å². The molecule has 1 aromatic carbocycles. The molecular formula is C18H20FN3O5S. The molecule has 150 valence electrons. The average molecular weight is 409 g/mol. The predicted octanol–water partition coefficient (Wildman–Crippen LogP) is 1.86. The topological polar surface area (TPSA) is 107 Å². The molecule has 3 rings (SSSR count). The summed E-state index contributed by atoms with van der Waals surface area (Å²) in [5.41, 5.74) is 0.442. The van der Waals surface area contributed by atoms with Gasteiger partial charge in [-0.2, -0.15) is 0 Å². The number of nitrogens with zero attached hydrogens (tertiary/aromatic N) is 1. The molecular weight excluding hydrogens is 389 g/mol. The smallest absolute Gasteiger partial charge is 0.260 e. The number of pyridine rings is 1. The number of aryl methyl sites for hydroxylation is 1. The van der Waals surface area contributed by atoms with Crippen molar-refractivity contribution in [3.05, 3.63) is 47.4 Å². The standard InChI is InChI=1S/C18H20FN3O5S/c1-11-7-12(19)9-20-17(11)21-18(23)15-8-14(3-4-16(15)26-2)28(24,25)22-13-5-6-27-10-13/h3-4,7-9,13,22H,5-6,10H2,1-2H3,(H,20,21,23)/t13-/m0/s1. The maximum absolute atomic E-state index is 13.2. The van der Waals surface area contributed by atoms with Crippen LogP contribution in [-0.4, -0.2) is 45.7 Å². The second kappa shape index (κ2) is 8.21. The molecule has 2 N–H and O–H groups in total. The number of anilines is 1. The van der Waals surface area contributed by atoms with Gasteiger partial charge in [0.05, 0.1) is 30.4 Å². The molecule has 8 nitrogen and oxygen atoms in total. The molecule has 2 heterocycles. The van der Waals surface area contributed by atoms with Gasteiger partial charge in [0.15, 0.2) is 0 Å². The van der Waals surface area contributed by atoms with Gasteiger partial charge >= 0.3 is 0 Å². The highest BCUT2D eigenvalue weighted by molar-refractivity contribution is 7.89. The number of ether oxygens (including phenoxy) is 2. The van der Waals surface area contributed by atoms with Gasteiger partial charge in [-0.25, -0.2) is 22.5 Å². The van der Waals surface area contributed by atoms with Gasteiger partial charge in [0.2, 0.25) is 10.0 Å². The first-order valence-corrected chi connectivity index (χ1v) is 10.00. The Hall–Kier alpha value is -2.56. The van der Waals surface area contributed by atoms with Gasteiger partial charge in [-0.15, -0.1) is 0 Å². The quantitative estimate of drug-likeness (QED) is 0.754. The summed E-state index contributed by atoms with van der Waals surface area (Å²) in [5.74, 6) is -0.785. The Morgan fingerprint density at radius 1 is 1.36 bits per heavy atom. The monoisotopic (exact) mass is 409 g/mol. The molecule has 1 aliphatic heterocycles. The van der Waals surface area contributed by atoms with E-state index < -0.39 is 21.7 Å². The van der Waals surface area contributed by atoms with Crippen LogP contribution in [0.4, 0.5) is 10.2 Å². The molecule has 0 spiro atoms. The minimum absolute atomic E-state index is 0.0126. The molecule has 0 bridgehead atoms. The molecule has 1 atom stereocenters. The summed E-state index contributed by atoms with van der Waals surface area (Å²) in [5, 5.41) is 2.55. The van der Waals surface area contributed by atoms with E-state index in [0.29, 0.717) is 25.2 Å². The number of sulfonamides is 1. The first-order valence-electron chi connectivity index (χ1n) is 8.52. The second-order valence-electron chi connectivity index (χ2n) is 6.32. The fraction of sp³-hybridized carbons (Fsp3) is 0.333. The zero-order chi connectivity index (χ0) is 20.3. The average Bonchev–Trinajstić information content (AvgIpc) is 3.15. The summed E-state index contributed by atoms with van der Waals surface area (Å²) in [6.45, 7) is 2.39. The van der Waals surface area contributed by atoms with Crippen LogP contribution in [0.3, 0.4) is 0 Å². The zero-order valence-electron chi connectivity index (χ0n) is 15.4. The normalized spacial score (nSPS) is 16.8. The Bertz CT molecular complexity index is 991. The van der Waals surface area contributed by atoms with Crippen molar-refractivity contribution in [2.45, 2.75) is 24.3 Å². The molecule has 10 heteroatoms. The maximum atomic E-state index is 13.2. The molecule has 1 saturated heterocycles. The van der Waals surface area contributed by atoms with Crippen molar-refractivity contribution in [2.24, 2.45) is 0 Å². The molecule has 0 saturated carbocycles. The number of hydrogen-bond donors (Lipinski definition) is 2. The highest BCUT2D eigenvalue weighted by Gasteiger charge is 2.25. The lowest BCUT2D eigenvalue weighted by Crippen LogP contribution is -2.35. The number of methoxy groups -OCH3 is 1. The van der Waals surface area contributed by atoms with E-state index in [9.17, 15) is 17.6 Å². The van der Waals surface area contributed by atoms with Crippen molar-refractivity contribution in [3.8, 4) is 5.75 Å². The highest BCUT2D eigenvalue weighted by atomic mass is 32.2. The summed E-state index contributed by atoms with van der Waals surface area (Å²) in [4.78, 5) is 16.5. The van der Waals surface area contributed by atoms with Crippen molar-refractivity contribution in [1.82, 2.24) is 9.71 Å². The minimum atomic E-state index is -3.84. The number of carbonyl (C=O) groups excluding carboxylic acids is 1. The number of aromatic nitrogens is 1. The second-order valence-corrected chi connectivity index (χ2v) is 8.03. The SMILES string of the molecule is COc1ccc(S(=O)(=O)N[C@H]2CCOC2)cc1C(=O)Nc1ncc(F)cc1C. The molecule has 0 unspecified atom stereocenters. The highest BCUT2D eigenvalue weighted by Crippen LogP contribution is 2.24. The van der Waals surface area contributed by atoms with Crippen LogP contribution in [0.5, 0.6) is 5.75 Å². The van der Waals surface area contributed by atoms with Gasteiger partial charge in [0.25, 0.3) is 5.91 Å². The van der Waals surface area contributed by atoms with Crippen molar-refractivity contribution in [2.75, 3.05) is 25.6 Å². The molecule has 2 aromatic rings. The Balaban J connectivity index is 1.88. The number of amides is 1. The molecule has 28 heavy (non-hydrogen) atoms. The van der Waals surface area contributed by atoms with Crippen LogP contribution < -0.4 is 14.8 Å². The third kappa shape index (κ3) is 4.46. The number of nitrogens with one attached hydrogen (secondary N) is 2. The van der Waals surface area contributed by atoms with Crippen LogP contribution in [0, 0.1) is 12.7 Å². The van der Waals surface area contributed by atoms with E-state index in [1.165, 1.54) is 31.4 Å². The van der Waals surface area contributed by atoms with Crippen LogP contribution in [0.15, 0.2) is 35.4 Å². The first-order chi connectivity index (χ1) is 13.3. The lowest BCUT2D eigenvalue weighted by atomic mass is 10.2. The van der Waals surface area contributed by atoms with Gasteiger partial charge < -0.3 is 14.8 Å². The molecule has 1 aromatic heterocycles. The molecule has 1 fully saturated rings. The van der Waals surface area contributed by atoms with E-state index in [0.717, 1.165) is 6.20 Å². The lowest BCUT2D eigenvalue weighted by molar-refractivity contribution is 0.102. The predicted molar refractivity (Wildman–Crippen MR) is 99.4 cm³/mol. The number of halogens is 1. The maximum Gasteiger partial charge on any atom is 0.260 e. The third-order valence-electron chi connectivity index (χ3n) is 4.25. The third-order valence-corrected chi connectivity index (χ3v) is 5.77. The van der Waals surface area contributed by atoms with Crippen LogP contribution in [-0.2, 0) is 14.8 Å². The fourth-order valence-electron chi connectivity index (χ4n) is 2.79. The number of carbonyl (C=O) groups is 1. The van der Waals surface area contributed by atoms with E-state index >= 15 is 0 Å². The minimum Gasteiger partial charge on any atom is -0.496 e. The van der Waals surface area contributed by atoms with Crippen LogP contribution in [0.2, 0.25) is 0 Å². The van der Waals surface area contributed by atoms with Gasteiger partial charge in [0, 0.05) is 12.6 Å². The summed E-state index contributed by atoms with van der Waals surface area (Å²) >= 11 is 0. The van der Waals surface area contributed by atoms with Crippen LogP contribution in [0.25, 0.3) is 0 Å². The van der Waals surface area contributed by atoms with Crippen molar-refractivity contribution >= 4 is 21.7 Å². The Morgan fingerprint density at radius 2 is 2.14 bits per heavy atom. The van der Waals surface area contributed by atoms with Gasteiger partial charge in [-0.3, -0.25) is 4.79 Å². The van der Waals surface area contributed by atoms with Gasteiger partial charge in [-0.05, 0) is 43.2 Å². The Morgan fingerprint density at radius 3 is 2.79 bits per heavy atom. The summed E-state index contributed by atoms with van der Waals surface area (Å²) in [7, 11) is -2.47. The molecule has 0 radical (unpaired) electrons. The van der Waals surface area contributed by atoms with Gasteiger partial charge in [0.1, 0.15) is 17.4 Å². The van der Waals surface area contributed by atoms with E-state index in [4.69, 9.17) is 9.47 Å². The zero-order valence-corrected chi connectivity index (χ0v) is 16.2. The van der Waals surface area contributed by atoms with Crippen molar-refractivity contribution < 1.29 is 27.1 Å². The molecule has 0 aliphatic carbocycles.